The summed E-state index contributed by atoms with van der Waals surface area (Å²) in [6, 6.07) is 5.88. The van der Waals surface area contributed by atoms with Crippen molar-refractivity contribution in [3.8, 4) is 0 Å². The normalized spacial score (nSPS) is 10.5. The molecular weight excluding hydrogens is 279 g/mol. The summed E-state index contributed by atoms with van der Waals surface area (Å²) >= 11 is 2.23. The fourth-order valence-electron chi connectivity index (χ4n) is 1.21. The summed E-state index contributed by atoms with van der Waals surface area (Å²) in [4.78, 5) is 14.6. The molecule has 13 heavy (non-hydrogen) atoms. The number of halogens is 1. The molecule has 0 aliphatic rings. The standard InChI is InChI=1S/C9H7IN2O/c10-8-2-1-3-9-11-7(4-5-13)6-12(8)9/h1-3,5-6H,4H2. The van der Waals surface area contributed by atoms with E-state index in [-0.39, 0.29) is 0 Å². The Hall–Kier alpha value is -0.910. The number of fused-ring (bicyclic) bond motifs is 1. The number of carbonyl (C=O) groups is 1. The summed E-state index contributed by atoms with van der Waals surface area (Å²) in [5.41, 5.74) is 1.71. The Kier molecular flexibility index (Phi) is 2.30. The molecule has 3 nitrogen and oxygen atoms in total. The Bertz CT molecular complexity index is 450. The van der Waals surface area contributed by atoms with Crippen molar-refractivity contribution in [3.63, 3.8) is 0 Å². The van der Waals surface area contributed by atoms with Gasteiger partial charge in [0.1, 0.15) is 11.9 Å². The predicted octanol–water partition coefficient (Wildman–Crippen LogP) is 1.68. The molecule has 0 saturated carbocycles. The van der Waals surface area contributed by atoms with Gasteiger partial charge >= 0.3 is 0 Å². The molecule has 0 unspecified atom stereocenters. The number of hydrogen-bond donors (Lipinski definition) is 0. The number of pyridine rings is 1. The number of imidazole rings is 1. The summed E-state index contributed by atoms with van der Waals surface area (Å²) < 4.78 is 3.07. The Morgan fingerprint density at radius 2 is 2.38 bits per heavy atom. The molecule has 66 valence electrons. The van der Waals surface area contributed by atoms with E-state index in [0.717, 1.165) is 21.3 Å². The maximum Gasteiger partial charge on any atom is 0.137 e. The Morgan fingerprint density at radius 3 is 3.08 bits per heavy atom. The quantitative estimate of drug-likeness (QED) is 0.478. The molecule has 0 saturated heterocycles. The molecule has 0 spiro atoms. The van der Waals surface area contributed by atoms with Crippen LogP contribution in [-0.4, -0.2) is 15.7 Å². The first kappa shape index (κ1) is 8.68. The van der Waals surface area contributed by atoms with E-state index >= 15 is 0 Å². The monoisotopic (exact) mass is 286 g/mol. The summed E-state index contributed by atoms with van der Waals surface area (Å²) in [6.07, 6.45) is 3.15. The molecule has 0 aliphatic heterocycles. The van der Waals surface area contributed by atoms with Gasteiger partial charge in [-0.05, 0) is 34.7 Å². The molecule has 0 atom stereocenters. The molecule has 2 heterocycles. The molecular formula is C9H7IN2O. The SMILES string of the molecule is O=CCc1cn2c(I)cccc2n1. The molecule has 0 radical (unpaired) electrons. The third-order valence-corrected chi connectivity index (χ3v) is 2.66. The van der Waals surface area contributed by atoms with Crippen LogP contribution in [0.25, 0.3) is 5.65 Å². The highest BCUT2D eigenvalue weighted by Gasteiger charge is 2.01. The van der Waals surface area contributed by atoms with Gasteiger partial charge in [-0.25, -0.2) is 4.98 Å². The van der Waals surface area contributed by atoms with Gasteiger partial charge in [0, 0.05) is 12.6 Å². The molecule has 0 amide bonds. The van der Waals surface area contributed by atoms with Gasteiger partial charge in [-0.3, -0.25) is 4.40 Å². The van der Waals surface area contributed by atoms with Gasteiger partial charge in [-0.15, -0.1) is 0 Å². The van der Waals surface area contributed by atoms with E-state index in [2.05, 4.69) is 27.6 Å². The van der Waals surface area contributed by atoms with Gasteiger partial charge in [0.05, 0.1) is 9.39 Å². The number of aromatic nitrogens is 2. The Balaban J connectivity index is 2.61. The van der Waals surface area contributed by atoms with Crippen LogP contribution in [0.1, 0.15) is 5.69 Å². The van der Waals surface area contributed by atoms with Crippen molar-refractivity contribution >= 4 is 34.5 Å². The molecule has 0 fully saturated rings. The molecule has 0 aromatic carbocycles. The average molecular weight is 286 g/mol. The van der Waals surface area contributed by atoms with Gasteiger partial charge in [0.2, 0.25) is 0 Å². The maximum atomic E-state index is 10.3. The minimum atomic E-state index is 0.387. The van der Waals surface area contributed by atoms with Crippen molar-refractivity contribution in [3.05, 3.63) is 33.8 Å². The van der Waals surface area contributed by atoms with Gasteiger partial charge < -0.3 is 4.79 Å². The summed E-state index contributed by atoms with van der Waals surface area (Å²) in [6.45, 7) is 0. The largest absolute Gasteiger partial charge is 0.303 e. The van der Waals surface area contributed by atoms with Crippen LogP contribution in [0, 0.1) is 3.70 Å². The molecule has 0 bridgehead atoms. The fourth-order valence-corrected chi connectivity index (χ4v) is 1.81. The second-order valence-corrected chi connectivity index (χ2v) is 3.78. The number of carbonyl (C=O) groups excluding carboxylic acids is 1. The van der Waals surface area contributed by atoms with Crippen LogP contribution in [0.4, 0.5) is 0 Å². The highest BCUT2D eigenvalue weighted by Crippen LogP contribution is 2.10. The van der Waals surface area contributed by atoms with Crippen LogP contribution in [0.5, 0.6) is 0 Å². The summed E-state index contributed by atoms with van der Waals surface area (Å²) in [5.74, 6) is 0. The summed E-state index contributed by atoms with van der Waals surface area (Å²) in [5, 5.41) is 0. The van der Waals surface area contributed by atoms with Crippen molar-refractivity contribution < 1.29 is 4.79 Å². The molecule has 2 aromatic heterocycles. The van der Waals surface area contributed by atoms with Crippen molar-refractivity contribution in [2.24, 2.45) is 0 Å². The maximum absolute atomic E-state index is 10.3. The number of rotatable bonds is 2. The first-order valence-corrected chi connectivity index (χ1v) is 4.95. The number of hydrogen-bond acceptors (Lipinski definition) is 2. The van der Waals surface area contributed by atoms with Crippen molar-refractivity contribution in [1.82, 2.24) is 9.38 Å². The van der Waals surface area contributed by atoms with Crippen LogP contribution < -0.4 is 0 Å². The smallest absolute Gasteiger partial charge is 0.137 e. The van der Waals surface area contributed by atoms with Gasteiger partial charge in [0.25, 0.3) is 0 Å². The summed E-state index contributed by atoms with van der Waals surface area (Å²) in [7, 11) is 0. The van der Waals surface area contributed by atoms with Crippen LogP contribution >= 0.6 is 22.6 Å². The zero-order valence-electron chi connectivity index (χ0n) is 6.77. The molecule has 2 rings (SSSR count). The van der Waals surface area contributed by atoms with Crippen molar-refractivity contribution in [2.45, 2.75) is 6.42 Å². The fraction of sp³-hybridized carbons (Fsp3) is 0.111. The van der Waals surface area contributed by atoms with Crippen LogP contribution in [-0.2, 0) is 11.2 Å². The number of aldehydes is 1. The van der Waals surface area contributed by atoms with E-state index in [0.29, 0.717) is 6.42 Å². The first-order chi connectivity index (χ1) is 6.31. The van der Waals surface area contributed by atoms with Crippen molar-refractivity contribution in [2.75, 3.05) is 0 Å². The minimum Gasteiger partial charge on any atom is -0.303 e. The van der Waals surface area contributed by atoms with Crippen molar-refractivity contribution in [1.29, 1.82) is 0 Å². The third-order valence-electron chi connectivity index (χ3n) is 1.78. The lowest BCUT2D eigenvalue weighted by molar-refractivity contribution is -0.107. The van der Waals surface area contributed by atoms with E-state index in [1.807, 2.05) is 28.8 Å². The molecule has 0 aliphatic carbocycles. The minimum absolute atomic E-state index is 0.387. The second-order valence-electron chi connectivity index (χ2n) is 2.68. The zero-order chi connectivity index (χ0) is 9.26. The molecule has 4 heteroatoms. The van der Waals surface area contributed by atoms with E-state index < -0.39 is 0 Å². The first-order valence-electron chi connectivity index (χ1n) is 3.87. The number of nitrogens with zero attached hydrogens (tertiary/aromatic N) is 2. The highest BCUT2D eigenvalue weighted by atomic mass is 127. The third kappa shape index (κ3) is 1.58. The lowest BCUT2D eigenvalue weighted by Gasteiger charge is -1.93. The van der Waals surface area contributed by atoms with Crippen LogP contribution in [0.15, 0.2) is 24.4 Å². The Morgan fingerprint density at radius 1 is 1.54 bits per heavy atom. The van der Waals surface area contributed by atoms with E-state index in [9.17, 15) is 4.79 Å². The van der Waals surface area contributed by atoms with Crippen LogP contribution in [0.2, 0.25) is 0 Å². The average Bonchev–Trinajstić information content (AvgIpc) is 2.49. The topological polar surface area (TPSA) is 34.4 Å². The van der Waals surface area contributed by atoms with E-state index in [1.54, 1.807) is 0 Å². The lowest BCUT2D eigenvalue weighted by atomic mass is 10.4. The van der Waals surface area contributed by atoms with Gasteiger partial charge in [-0.1, -0.05) is 6.07 Å². The lowest BCUT2D eigenvalue weighted by Crippen LogP contribution is -1.86. The van der Waals surface area contributed by atoms with Crippen LogP contribution in [0.3, 0.4) is 0 Å². The Labute approximate surface area is 88.9 Å². The molecule has 2 aromatic rings. The highest BCUT2D eigenvalue weighted by molar-refractivity contribution is 14.1. The zero-order valence-corrected chi connectivity index (χ0v) is 8.93. The van der Waals surface area contributed by atoms with E-state index in [1.165, 1.54) is 0 Å². The van der Waals surface area contributed by atoms with E-state index in [4.69, 9.17) is 0 Å². The molecule has 0 N–H and O–H groups in total. The second kappa shape index (κ2) is 3.45. The van der Waals surface area contributed by atoms with Gasteiger partial charge in [0.15, 0.2) is 0 Å². The van der Waals surface area contributed by atoms with Gasteiger partial charge in [-0.2, -0.15) is 0 Å². The predicted molar refractivity (Wildman–Crippen MR) is 57.7 cm³/mol.